The maximum absolute atomic E-state index is 12.5. The zero-order valence-electron chi connectivity index (χ0n) is 11.1. The Kier molecular flexibility index (Phi) is 3.31. The highest BCUT2D eigenvalue weighted by Gasteiger charge is 2.32. The van der Waals surface area contributed by atoms with E-state index in [1.807, 2.05) is 5.01 Å². The number of hydrogen-bond donors (Lipinski definition) is 1. The summed E-state index contributed by atoms with van der Waals surface area (Å²) in [7, 11) is 0. The van der Waals surface area contributed by atoms with Gasteiger partial charge >= 0.3 is 6.18 Å². The Labute approximate surface area is 115 Å². The van der Waals surface area contributed by atoms with Crippen molar-refractivity contribution in [2.45, 2.75) is 31.9 Å². The second kappa shape index (κ2) is 5.00. The molecule has 1 aromatic carbocycles. The predicted molar refractivity (Wildman–Crippen MR) is 70.5 cm³/mol. The molecule has 0 amide bonds. The first-order valence-corrected chi connectivity index (χ1v) is 6.86. The number of alkyl halides is 3. The smallest absolute Gasteiger partial charge is 0.242 e. The normalized spacial score (nSPS) is 19.6. The molecule has 20 heavy (non-hydrogen) atoms. The topological polar surface area (TPSA) is 18.3 Å². The van der Waals surface area contributed by atoms with Crippen molar-refractivity contribution in [3.8, 4) is 0 Å². The van der Waals surface area contributed by atoms with E-state index in [9.17, 15) is 13.2 Å². The lowest BCUT2D eigenvalue weighted by Gasteiger charge is -2.14. The fourth-order valence-corrected chi connectivity index (χ4v) is 2.69. The zero-order valence-corrected chi connectivity index (χ0v) is 11.1. The SMILES string of the molecule is FC(F)(F)c1ccc(N2C[N+]3=C(CCCCC3)N2)cc1. The van der Waals surface area contributed by atoms with Crippen LogP contribution in [-0.2, 0) is 6.18 Å². The third-order valence-electron chi connectivity index (χ3n) is 3.81. The minimum atomic E-state index is -4.28. The van der Waals surface area contributed by atoms with E-state index in [2.05, 4.69) is 10.0 Å². The van der Waals surface area contributed by atoms with Gasteiger partial charge in [0, 0.05) is 0 Å². The van der Waals surface area contributed by atoms with Gasteiger partial charge in [-0.1, -0.05) is 0 Å². The van der Waals surface area contributed by atoms with Crippen LogP contribution in [0.2, 0.25) is 0 Å². The van der Waals surface area contributed by atoms with E-state index >= 15 is 0 Å². The highest BCUT2D eigenvalue weighted by molar-refractivity contribution is 5.80. The second-order valence-electron chi connectivity index (χ2n) is 5.25. The summed E-state index contributed by atoms with van der Waals surface area (Å²) in [6.07, 6.45) is 0.311. The quantitative estimate of drug-likeness (QED) is 0.799. The Balaban J connectivity index is 1.73. The number of anilines is 1. The lowest BCUT2D eigenvalue weighted by molar-refractivity contribution is -0.519. The Morgan fingerprint density at radius 3 is 2.50 bits per heavy atom. The average molecular weight is 284 g/mol. The van der Waals surface area contributed by atoms with Crippen molar-refractivity contribution >= 4 is 11.5 Å². The third-order valence-corrected chi connectivity index (χ3v) is 3.81. The van der Waals surface area contributed by atoms with Gasteiger partial charge in [0.2, 0.25) is 0 Å². The average Bonchev–Trinajstić information content (AvgIpc) is 2.69. The van der Waals surface area contributed by atoms with Crippen molar-refractivity contribution in [2.75, 3.05) is 18.2 Å². The van der Waals surface area contributed by atoms with E-state index in [1.54, 1.807) is 0 Å². The molecule has 3 nitrogen and oxygen atoms in total. The summed E-state index contributed by atoms with van der Waals surface area (Å²) in [4.78, 5) is 0. The maximum Gasteiger partial charge on any atom is 0.416 e. The van der Waals surface area contributed by atoms with Crippen LogP contribution in [-0.4, -0.2) is 23.6 Å². The summed E-state index contributed by atoms with van der Waals surface area (Å²) >= 11 is 0. The molecule has 0 saturated heterocycles. The van der Waals surface area contributed by atoms with Gasteiger partial charge < -0.3 is 0 Å². The molecule has 2 aliphatic rings. The van der Waals surface area contributed by atoms with Gasteiger partial charge in [0.1, 0.15) is 0 Å². The number of nitrogens with one attached hydrogen (secondary N) is 1. The minimum Gasteiger partial charge on any atom is -0.242 e. The largest absolute Gasteiger partial charge is 0.416 e. The zero-order chi connectivity index (χ0) is 14.2. The molecule has 1 aromatic rings. The van der Waals surface area contributed by atoms with E-state index < -0.39 is 11.7 Å². The molecule has 2 heterocycles. The van der Waals surface area contributed by atoms with E-state index in [0.29, 0.717) is 6.67 Å². The van der Waals surface area contributed by atoms with Crippen molar-refractivity contribution in [1.82, 2.24) is 5.43 Å². The lowest BCUT2D eigenvalue weighted by atomic mass is 10.2. The minimum absolute atomic E-state index is 0.609. The van der Waals surface area contributed by atoms with E-state index in [1.165, 1.54) is 37.2 Å². The summed E-state index contributed by atoms with van der Waals surface area (Å²) < 4.78 is 39.9. The van der Waals surface area contributed by atoms with Gasteiger partial charge in [-0.05, 0) is 43.5 Å². The van der Waals surface area contributed by atoms with Gasteiger partial charge in [0.05, 0.1) is 24.2 Å². The number of hydrogen-bond acceptors (Lipinski definition) is 2. The second-order valence-corrected chi connectivity index (χ2v) is 5.25. The molecule has 0 atom stereocenters. The van der Waals surface area contributed by atoms with Gasteiger partial charge in [0.25, 0.3) is 5.84 Å². The Bertz CT molecular complexity index is 501. The van der Waals surface area contributed by atoms with Crippen LogP contribution < -0.4 is 10.4 Å². The van der Waals surface area contributed by atoms with Crippen LogP contribution in [0, 0.1) is 0 Å². The van der Waals surface area contributed by atoms with Crippen molar-refractivity contribution < 1.29 is 17.7 Å². The summed E-state index contributed by atoms with van der Waals surface area (Å²) in [6.45, 7) is 1.71. The van der Waals surface area contributed by atoms with Crippen LogP contribution in [0.4, 0.5) is 18.9 Å². The van der Waals surface area contributed by atoms with Gasteiger partial charge in [0.15, 0.2) is 6.67 Å². The van der Waals surface area contributed by atoms with Crippen LogP contribution in [0.1, 0.15) is 31.2 Å². The first-order chi connectivity index (χ1) is 9.54. The summed E-state index contributed by atoms with van der Waals surface area (Å²) in [6, 6.07) is 5.29. The number of halogens is 3. The van der Waals surface area contributed by atoms with Gasteiger partial charge in [-0.2, -0.15) is 23.6 Å². The molecule has 0 aromatic heterocycles. The first-order valence-electron chi connectivity index (χ1n) is 6.86. The molecule has 3 rings (SSSR count). The highest BCUT2D eigenvalue weighted by atomic mass is 19.4. The molecule has 0 radical (unpaired) electrons. The third kappa shape index (κ3) is 2.59. The standard InChI is InChI=1S/C14H16F3N3/c15-14(16,17)11-5-7-12(8-6-11)20-10-19-9-3-1-2-4-13(19)18-20/h5-8H,1-4,9-10H2/p+1. The fraction of sp³-hybridized carbons (Fsp3) is 0.500. The Morgan fingerprint density at radius 1 is 1.05 bits per heavy atom. The van der Waals surface area contributed by atoms with Gasteiger partial charge in [-0.3, -0.25) is 0 Å². The molecule has 0 saturated carbocycles. The molecule has 2 aliphatic heterocycles. The van der Waals surface area contributed by atoms with Crippen molar-refractivity contribution in [3.05, 3.63) is 29.8 Å². The first kappa shape index (κ1) is 13.3. The molecule has 1 N–H and O–H groups in total. The number of nitrogens with zero attached hydrogens (tertiary/aromatic N) is 2. The number of hydrazine groups is 1. The summed E-state index contributed by atoms with van der Waals surface area (Å²) in [5.74, 6) is 1.18. The maximum atomic E-state index is 12.5. The van der Waals surface area contributed by atoms with Gasteiger partial charge in [-0.15, -0.1) is 0 Å². The molecular formula is C14H17F3N3+. The van der Waals surface area contributed by atoms with E-state index in [-0.39, 0.29) is 0 Å². The monoisotopic (exact) mass is 284 g/mol. The molecule has 108 valence electrons. The molecule has 0 unspecified atom stereocenters. The van der Waals surface area contributed by atoms with E-state index in [4.69, 9.17) is 0 Å². The van der Waals surface area contributed by atoms with Crippen LogP contribution >= 0.6 is 0 Å². The Morgan fingerprint density at radius 2 is 1.80 bits per heavy atom. The molecule has 6 heteroatoms. The van der Waals surface area contributed by atoms with Crippen molar-refractivity contribution in [1.29, 1.82) is 0 Å². The van der Waals surface area contributed by atoms with Crippen LogP contribution in [0.5, 0.6) is 0 Å². The van der Waals surface area contributed by atoms with Crippen molar-refractivity contribution in [2.24, 2.45) is 0 Å². The van der Waals surface area contributed by atoms with Crippen LogP contribution in [0.25, 0.3) is 0 Å². The van der Waals surface area contributed by atoms with Crippen molar-refractivity contribution in [3.63, 3.8) is 0 Å². The highest BCUT2D eigenvalue weighted by Crippen LogP contribution is 2.30. The molecule has 0 aliphatic carbocycles. The lowest BCUT2D eigenvalue weighted by Crippen LogP contribution is -2.36. The van der Waals surface area contributed by atoms with Crippen LogP contribution in [0.15, 0.2) is 24.3 Å². The number of rotatable bonds is 1. The molecule has 0 bridgehead atoms. The molecule has 0 fully saturated rings. The van der Waals surface area contributed by atoms with E-state index in [0.717, 1.165) is 30.8 Å². The number of amidine groups is 1. The summed E-state index contributed by atoms with van der Waals surface area (Å²) in [5.41, 5.74) is 3.46. The fourth-order valence-electron chi connectivity index (χ4n) is 2.69. The van der Waals surface area contributed by atoms with Gasteiger partial charge in [-0.25, -0.2) is 4.58 Å². The van der Waals surface area contributed by atoms with Crippen LogP contribution in [0.3, 0.4) is 0 Å². The summed E-state index contributed by atoms with van der Waals surface area (Å²) in [5, 5.41) is 1.90. The number of benzene rings is 1. The Hall–Kier alpha value is -1.72. The molecular weight excluding hydrogens is 267 g/mol. The molecule has 0 spiro atoms. The predicted octanol–water partition coefficient (Wildman–Crippen LogP) is 2.97.